The third-order valence-corrected chi connectivity index (χ3v) is 3.50. The molecular formula is C16H16ClN3O3. The van der Waals surface area contributed by atoms with Crippen LogP contribution in [0.3, 0.4) is 0 Å². The van der Waals surface area contributed by atoms with Gasteiger partial charge in [-0.15, -0.1) is 0 Å². The first-order chi connectivity index (χ1) is 10.8. The van der Waals surface area contributed by atoms with E-state index in [1.54, 1.807) is 19.1 Å². The minimum atomic E-state index is -1.05. The van der Waals surface area contributed by atoms with Crippen LogP contribution in [0.25, 0.3) is 0 Å². The second-order valence-electron chi connectivity index (χ2n) is 5.37. The van der Waals surface area contributed by atoms with E-state index in [4.69, 9.17) is 16.7 Å². The number of carboxylic acid groups (broad SMARTS) is 1. The van der Waals surface area contributed by atoms with Gasteiger partial charge in [0.1, 0.15) is 5.82 Å². The highest BCUT2D eigenvalue weighted by Crippen LogP contribution is 2.20. The number of carbonyl (C=O) groups excluding carboxylic acids is 1. The molecule has 0 radical (unpaired) electrons. The van der Waals surface area contributed by atoms with Crippen LogP contribution in [0, 0.1) is 6.92 Å². The van der Waals surface area contributed by atoms with Crippen LogP contribution in [0.5, 0.6) is 0 Å². The molecule has 0 bridgehead atoms. The third-order valence-electron chi connectivity index (χ3n) is 3.22. The van der Waals surface area contributed by atoms with Gasteiger partial charge in [0.05, 0.1) is 16.8 Å². The maximum absolute atomic E-state index is 12.3. The number of carbonyl (C=O) groups is 2. The van der Waals surface area contributed by atoms with Gasteiger partial charge in [-0.05, 0) is 24.6 Å². The zero-order chi connectivity index (χ0) is 17.1. The minimum absolute atomic E-state index is 0.0526. The zero-order valence-corrected chi connectivity index (χ0v) is 13.7. The predicted octanol–water partition coefficient (Wildman–Crippen LogP) is 3.51. The number of anilines is 1. The van der Waals surface area contributed by atoms with Gasteiger partial charge >= 0.3 is 5.97 Å². The quantitative estimate of drug-likeness (QED) is 0.893. The molecule has 2 rings (SSSR count). The number of hydrogen-bond acceptors (Lipinski definition) is 4. The van der Waals surface area contributed by atoms with Crippen LogP contribution in [0.1, 0.15) is 52.0 Å². The Balaban J connectivity index is 2.31. The number of carboxylic acids is 1. The standard InChI is InChI=1S/C16H16ClN3O3/c1-8(2)14-18-7-12(17)13(20-14)15(21)19-10-5-4-9(3)11(6-10)16(22)23/h4-8H,1-3H3,(H,19,21)(H,22,23). The molecule has 1 heterocycles. The Kier molecular flexibility index (Phi) is 4.95. The Bertz CT molecular complexity index is 775. The van der Waals surface area contributed by atoms with Crippen LogP contribution < -0.4 is 5.32 Å². The number of aryl methyl sites for hydroxylation is 1. The maximum Gasteiger partial charge on any atom is 0.336 e. The molecule has 0 atom stereocenters. The molecule has 7 heteroatoms. The average Bonchev–Trinajstić information content (AvgIpc) is 2.49. The van der Waals surface area contributed by atoms with Crippen LogP contribution in [-0.2, 0) is 0 Å². The van der Waals surface area contributed by atoms with Crippen LogP contribution in [0.2, 0.25) is 5.02 Å². The molecule has 0 aliphatic rings. The van der Waals surface area contributed by atoms with Gasteiger partial charge in [-0.3, -0.25) is 4.79 Å². The Hall–Kier alpha value is -2.47. The van der Waals surface area contributed by atoms with E-state index in [1.807, 2.05) is 13.8 Å². The van der Waals surface area contributed by atoms with E-state index in [1.165, 1.54) is 12.3 Å². The summed E-state index contributed by atoms with van der Waals surface area (Å²) in [7, 11) is 0. The molecule has 1 aromatic carbocycles. The van der Waals surface area contributed by atoms with Crippen molar-refractivity contribution < 1.29 is 14.7 Å². The Morgan fingerprint density at radius 2 is 2.00 bits per heavy atom. The number of benzene rings is 1. The summed E-state index contributed by atoms with van der Waals surface area (Å²) in [6.07, 6.45) is 1.39. The van der Waals surface area contributed by atoms with Gasteiger partial charge in [0.2, 0.25) is 0 Å². The summed E-state index contributed by atoms with van der Waals surface area (Å²) in [5.74, 6) is -1.01. The van der Waals surface area contributed by atoms with Crippen molar-refractivity contribution in [3.63, 3.8) is 0 Å². The molecule has 0 saturated carbocycles. The van der Waals surface area contributed by atoms with Crippen molar-refractivity contribution >= 4 is 29.2 Å². The van der Waals surface area contributed by atoms with Gasteiger partial charge in [-0.1, -0.05) is 31.5 Å². The van der Waals surface area contributed by atoms with E-state index >= 15 is 0 Å². The van der Waals surface area contributed by atoms with Crippen LogP contribution in [0.15, 0.2) is 24.4 Å². The van der Waals surface area contributed by atoms with Gasteiger partial charge in [0.15, 0.2) is 5.69 Å². The van der Waals surface area contributed by atoms with Gasteiger partial charge in [0, 0.05) is 11.6 Å². The summed E-state index contributed by atoms with van der Waals surface area (Å²) < 4.78 is 0. The van der Waals surface area contributed by atoms with E-state index in [0.29, 0.717) is 17.1 Å². The van der Waals surface area contributed by atoms with Gasteiger partial charge < -0.3 is 10.4 Å². The Labute approximate surface area is 138 Å². The van der Waals surface area contributed by atoms with E-state index in [-0.39, 0.29) is 22.2 Å². The van der Waals surface area contributed by atoms with Crippen molar-refractivity contribution in [2.45, 2.75) is 26.7 Å². The van der Waals surface area contributed by atoms with E-state index in [0.717, 1.165) is 0 Å². The van der Waals surface area contributed by atoms with Crippen LogP contribution in [0.4, 0.5) is 5.69 Å². The van der Waals surface area contributed by atoms with E-state index in [9.17, 15) is 9.59 Å². The number of rotatable bonds is 4. The molecule has 0 saturated heterocycles. The summed E-state index contributed by atoms with van der Waals surface area (Å²) >= 11 is 5.99. The fourth-order valence-corrected chi connectivity index (χ4v) is 2.12. The highest BCUT2D eigenvalue weighted by Gasteiger charge is 2.17. The second kappa shape index (κ2) is 6.75. The largest absolute Gasteiger partial charge is 0.478 e. The van der Waals surface area contributed by atoms with Gasteiger partial charge in [-0.25, -0.2) is 14.8 Å². The molecule has 1 amide bonds. The fourth-order valence-electron chi connectivity index (χ4n) is 1.94. The maximum atomic E-state index is 12.3. The summed E-state index contributed by atoms with van der Waals surface area (Å²) in [4.78, 5) is 31.7. The molecule has 1 aromatic heterocycles. The number of aromatic carboxylic acids is 1. The number of aromatic nitrogens is 2. The van der Waals surface area contributed by atoms with Crippen molar-refractivity contribution in [2.75, 3.05) is 5.32 Å². The first kappa shape index (κ1) is 16.9. The molecule has 2 N–H and O–H groups in total. The number of hydrogen-bond donors (Lipinski definition) is 2. The normalized spacial score (nSPS) is 10.7. The minimum Gasteiger partial charge on any atom is -0.478 e. The smallest absolute Gasteiger partial charge is 0.336 e. The molecule has 0 aliphatic heterocycles. The summed E-state index contributed by atoms with van der Waals surface area (Å²) in [6.45, 7) is 5.50. The number of halogens is 1. The van der Waals surface area contributed by atoms with Crippen molar-refractivity contribution in [3.8, 4) is 0 Å². The topological polar surface area (TPSA) is 92.2 Å². The van der Waals surface area contributed by atoms with E-state index < -0.39 is 11.9 Å². The molecule has 2 aromatic rings. The van der Waals surface area contributed by atoms with Crippen molar-refractivity contribution in [1.29, 1.82) is 0 Å². The zero-order valence-electron chi connectivity index (χ0n) is 12.9. The lowest BCUT2D eigenvalue weighted by Gasteiger charge is -2.10. The molecule has 23 heavy (non-hydrogen) atoms. The lowest BCUT2D eigenvalue weighted by atomic mass is 10.1. The van der Waals surface area contributed by atoms with Gasteiger partial charge in [0.25, 0.3) is 5.91 Å². The van der Waals surface area contributed by atoms with Crippen molar-refractivity contribution in [3.05, 3.63) is 52.1 Å². The molecular weight excluding hydrogens is 318 g/mol. The lowest BCUT2D eigenvalue weighted by molar-refractivity contribution is 0.0695. The first-order valence-corrected chi connectivity index (χ1v) is 7.35. The van der Waals surface area contributed by atoms with Crippen molar-refractivity contribution in [2.24, 2.45) is 0 Å². The Morgan fingerprint density at radius 3 is 2.61 bits per heavy atom. The molecule has 0 unspecified atom stereocenters. The van der Waals surface area contributed by atoms with Crippen LogP contribution in [-0.4, -0.2) is 27.0 Å². The summed E-state index contributed by atoms with van der Waals surface area (Å²) in [5.41, 5.74) is 1.15. The molecule has 0 spiro atoms. The average molecular weight is 334 g/mol. The predicted molar refractivity (Wildman–Crippen MR) is 87.2 cm³/mol. The van der Waals surface area contributed by atoms with Crippen molar-refractivity contribution in [1.82, 2.24) is 9.97 Å². The van der Waals surface area contributed by atoms with E-state index in [2.05, 4.69) is 15.3 Å². The molecule has 120 valence electrons. The second-order valence-corrected chi connectivity index (χ2v) is 5.78. The highest BCUT2D eigenvalue weighted by molar-refractivity contribution is 6.33. The monoisotopic (exact) mass is 333 g/mol. The number of nitrogens with zero attached hydrogens (tertiary/aromatic N) is 2. The van der Waals surface area contributed by atoms with Gasteiger partial charge in [-0.2, -0.15) is 0 Å². The number of nitrogens with one attached hydrogen (secondary N) is 1. The molecule has 0 fully saturated rings. The Morgan fingerprint density at radius 1 is 1.30 bits per heavy atom. The lowest BCUT2D eigenvalue weighted by Crippen LogP contribution is -2.16. The molecule has 0 aliphatic carbocycles. The number of amides is 1. The first-order valence-electron chi connectivity index (χ1n) is 6.97. The highest BCUT2D eigenvalue weighted by atomic mass is 35.5. The summed E-state index contributed by atoms with van der Waals surface area (Å²) in [5, 5.41) is 11.9. The fraction of sp³-hybridized carbons (Fsp3) is 0.250. The third kappa shape index (κ3) is 3.84. The summed E-state index contributed by atoms with van der Waals surface area (Å²) in [6, 6.07) is 4.65. The SMILES string of the molecule is Cc1ccc(NC(=O)c2nc(C(C)C)ncc2Cl)cc1C(=O)O. The van der Waals surface area contributed by atoms with Crippen LogP contribution >= 0.6 is 11.6 Å². The molecule has 6 nitrogen and oxygen atoms in total.